The van der Waals surface area contributed by atoms with E-state index in [1.54, 1.807) is 16.8 Å². The van der Waals surface area contributed by atoms with Crippen LogP contribution in [0.4, 0.5) is 10.8 Å². The first-order chi connectivity index (χ1) is 14.1. The van der Waals surface area contributed by atoms with Gasteiger partial charge in [-0.25, -0.2) is 0 Å². The molecule has 1 fully saturated rings. The summed E-state index contributed by atoms with van der Waals surface area (Å²) in [5.41, 5.74) is 3.26. The Balaban J connectivity index is 1.62. The largest absolute Gasteiger partial charge is 0.378 e. The first-order valence-corrected chi connectivity index (χ1v) is 11.4. The summed E-state index contributed by atoms with van der Waals surface area (Å²) in [5, 5.41) is 13.3. The normalized spacial score (nSPS) is 15.9. The van der Waals surface area contributed by atoms with Crippen molar-refractivity contribution in [2.24, 2.45) is 5.41 Å². The van der Waals surface area contributed by atoms with Crippen LogP contribution in [0.2, 0.25) is 0 Å². The molecule has 4 rings (SSSR count). The molecule has 1 aliphatic rings. The van der Waals surface area contributed by atoms with Gasteiger partial charge < -0.3 is 15.0 Å². The number of ether oxygens (including phenoxy) is 1. The van der Waals surface area contributed by atoms with Crippen LogP contribution in [0, 0.1) is 5.41 Å². The number of nitrogens with one attached hydrogen (secondary N) is 1. The number of benzene rings is 1. The summed E-state index contributed by atoms with van der Waals surface area (Å²) < 4.78 is 5.45. The van der Waals surface area contributed by atoms with E-state index in [-0.39, 0.29) is 11.8 Å². The lowest BCUT2D eigenvalue weighted by molar-refractivity contribution is -0.124. The fraction of sp³-hybridized carbons (Fsp3) is 0.381. The minimum atomic E-state index is -0.670. The van der Waals surface area contributed by atoms with E-state index in [4.69, 9.17) is 4.74 Å². The molecular weight excluding hydrogens is 404 g/mol. The van der Waals surface area contributed by atoms with Gasteiger partial charge >= 0.3 is 0 Å². The molecule has 1 N–H and O–H groups in total. The number of carbonyl (C=O) groups excluding carboxylic acids is 1. The van der Waals surface area contributed by atoms with Gasteiger partial charge in [0.25, 0.3) is 0 Å². The van der Waals surface area contributed by atoms with Crippen LogP contribution in [0.1, 0.15) is 30.2 Å². The maximum Gasteiger partial charge on any atom is 0.232 e. The highest BCUT2D eigenvalue weighted by Gasteiger charge is 2.40. The lowest BCUT2D eigenvalue weighted by Gasteiger charge is -2.33. The average molecular weight is 429 g/mol. The van der Waals surface area contributed by atoms with Crippen LogP contribution in [-0.4, -0.2) is 42.4 Å². The van der Waals surface area contributed by atoms with Crippen molar-refractivity contribution in [3.05, 3.63) is 57.7 Å². The van der Waals surface area contributed by atoms with Crippen molar-refractivity contribution >= 4 is 39.4 Å². The maximum absolute atomic E-state index is 13.2. The van der Waals surface area contributed by atoms with Crippen LogP contribution in [0.5, 0.6) is 0 Å². The molecule has 6 nitrogen and oxygen atoms in total. The van der Waals surface area contributed by atoms with Gasteiger partial charge in [-0.05, 0) is 29.1 Å². The summed E-state index contributed by atoms with van der Waals surface area (Å²) in [6.07, 6.45) is 0. The van der Waals surface area contributed by atoms with E-state index in [2.05, 4.69) is 56.1 Å². The second-order valence-corrected chi connectivity index (χ2v) is 9.37. The first-order valence-electron chi connectivity index (χ1n) is 9.59. The zero-order valence-electron chi connectivity index (χ0n) is 16.5. The molecule has 3 heterocycles. The highest BCUT2D eigenvalue weighted by atomic mass is 32.1. The summed E-state index contributed by atoms with van der Waals surface area (Å²) >= 11 is 3.00. The third-order valence-corrected chi connectivity index (χ3v) is 6.86. The summed E-state index contributed by atoms with van der Waals surface area (Å²) in [4.78, 5) is 16.7. The molecule has 29 heavy (non-hydrogen) atoms. The number of amides is 1. The molecule has 1 amide bonds. The molecule has 1 unspecified atom stereocenters. The lowest BCUT2D eigenvalue weighted by atomic mass is 9.73. The number of anilines is 2. The summed E-state index contributed by atoms with van der Waals surface area (Å²) in [5.74, 6) is -0.126. The minimum absolute atomic E-state index is 0.0610. The molecule has 0 spiro atoms. The Bertz CT molecular complexity index is 918. The number of rotatable bonds is 6. The summed E-state index contributed by atoms with van der Waals surface area (Å²) in [6, 6.07) is 12.7. The molecule has 0 bridgehead atoms. The zero-order valence-corrected chi connectivity index (χ0v) is 18.1. The van der Waals surface area contributed by atoms with Crippen molar-refractivity contribution in [2.75, 3.05) is 36.5 Å². The van der Waals surface area contributed by atoms with Gasteiger partial charge in [-0.3, -0.25) is 4.79 Å². The van der Waals surface area contributed by atoms with Crippen molar-refractivity contribution in [2.45, 2.75) is 19.8 Å². The van der Waals surface area contributed by atoms with Crippen molar-refractivity contribution in [3.8, 4) is 0 Å². The summed E-state index contributed by atoms with van der Waals surface area (Å²) in [6.45, 7) is 7.32. The molecule has 1 atom stereocenters. The van der Waals surface area contributed by atoms with Gasteiger partial charge in [0.1, 0.15) is 5.51 Å². The predicted molar refractivity (Wildman–Crippen MR) is 118 cm³/mol. The van der Waals surface area contributed by atoms with Crippen LogP contribution >= 0.6 is 22.7 Å². The standard InChI is InChI=1S/C21H24N4O2S2/c1-21(2,19(26)23-20-24-22-14-29-20)18(17-4-3-13-28-17)15-5-7-16(8-6-15)25-9-11-27-12-10-25/h3-8,13-14,18H,9-12H2,1-2H3,(H,23,24,26). The van der Waals surface area contributed by atoms with Crippen molar-refractivity contribution in [1.29, 1.82) is 0 Å². The number of carbonyl (C=O) groups is 1. The number of nitrogens with zero attached hydrogens (tertiary/aromatic N) is 3. The molecule has 0 radical (unpaired) electrons. The van der Waals surface area contributed by atoms with Crippen LogP contribution in [0.25, 0.3) is 0 Å². The molecule has 3 aromatic rings. The Labute approximate surface area is 178 Å². The third-order valence-electron chi connectivity index (χ3n) is 5.32. The average Bonchev–Trinajstić information content (AvgIpc) is 3.44. The Morgan fingerprint density at radius 3 is 2.55 bits per heavy atom. The van der Waals surface area contributed by atoms with E-state index in [1.807, 2.05) is 19.9 Å². The van der Waals surface area contributed by atoms with Gasteiger partial charge in [0.15, 0.2) is 0 Å². The predicted octanol–water partition coefficient (Wildman–Crippen LogP) is 4.23. The second-order valence-electron chi connectivity index (χ2n) is 7.56. The van der Waals surface area contributed by atoms with Gasteiger partial charge in [-0.15, -0.1) is 21.5 Å². The van der Waals surface area contributed by atoms with Gasteiger partial charge in [-0.2, -0.15) is 0 Å². The molecule has 152 valence electrons. The third kappa shape index (κ3) is 4.34. The van der Waals surface area contributed by atoms with E-state index in [0.29, 0.717) is 5.13 Å². The van der Waals surface area contributed by atoms with E-state index in [9.17, 15) is 4.79 Å². The Morgan fingerprint density at radius 1 is 1.17 bits per heavy atom. The SMILES string of the molecule is CC(C)(C(=O)Nc1nncs1)C(c1ccc(N2CCOCC2)cc1)c1cccs1. The monoisotopic (exact) mass is 428 g/mol. The van der Waals surface area contributed by atoms with E-state index >= 15 is 0 Å². The summed E-state index contributed by atoms with van der Waals surface area (Å²) in [7, 11) is 0. The fourth-order valence-corrected chi connectivity index (χ4v) is 5.19. The van der Waals surface area contributed by atoms with Gasteiger partial charge in [0.05, 0.1) is 18.6 Å². The first kappa shape index (κ1) is 20.0. The lowest BCUT2D eigenvalue weighted by Crippen LogP contribution is -2.37. The molecule has 1 aromatic carbocycles. The van der Waals surface area contributed by atoms with Gasteiger partial charge in [0, 0.05) is 29.6 Å². The van der Waals surface area contributed by atoms with Crippen molar-refractivity contribution in [3.63, 3.8) is 0 Å². The van der Waals surface area contributed by atoms with Crippen molar-refractivity contribution in [1.82, 2.24) is 10.2 Å². The van der Waals surface area contributed by atoms with Gasteiger partial charge in [-0.1, -0.05) is 43.4 Å². The van der Waals surface area contributed by atoms with E-state index < -0.39 is 5.41 Å². The topological polar surface area (TPSA) is 67.4 Å². The highest BCUT2D eigenvalue weighted by molar-refractivity contribution is 7.13. The molecular formula is C21H24N4O2S2. The Kier molecular flexibility index (Phi) is 5.94. The quantitative estimate of drug-likeness (QED) is 0.636. The number of hydrogen-bond acceptors (Lipinski definition) is 7. The van der Waals surface area contributed by atoms with Crippen LogP contribution in [0.3, 0.4) is 0 Å². The second kappa shape index (κ2) is 8.61. The molecule has 8 heteroatoms. The molecule has 2 aromatic heterocycles. The Hall–Kier alpha value is -2.29. The van der Waals surface area contributed by atoms with Crippen LogP contribution in [0.15, 0.2) is 47.3 Å². The Morgan fingerprint density at radius 2 is 1.93 bits per heavy atom. The number of thiophene rings is 1. The van der Waals surface area contributed by atoms with Crippen molar-refractivity contribution < 1.29 is 9.53 Å². The van der Waals surface area contributed by atoms with E-state index in [1.165, 1.54) is 21.9 Å². The maximum atomic E-state index is 13.2. The molecule has 0 saturated carbocycles. The number of morpholine rings is 1. The highest BCUT2D eigenvalue weighted by Crippen LogP contribution is 2.44. The number of hydrogen-bond donors (Lipinski definition) is 1. The zero-order chi connectivity index (χ0) is 20.3. The van der Waals surface area contributed by atoms with Crippen LogP contribution in [-0.2, 0) is 9.53 Å². The van der Waals surface area contributed by atoms with Gasteiger partial charge in [0.2, 0.25) is 11.0 Å². The number of aromatic nitrogens is 2. The molecule has 0 aliphatic carbocycles. The smallest absolute Gasteiger partial charge is 0.232 e. The fourth-order valence-electron chi connectivity index (χ4n) is 3.71. The van der Waals surface area contributed by atoms with Crippen LogP contribution < -0.4 is 10.2 Å². The van der Waals surface area contributed by atoms with E-state index in [0.717, 1.165) is 31.9 Å². The molecule has 1 saturated heterocycles. The minimum Gasteiger partial charge on any atom is -0.378 e. The molecule has 1 aliphatic heterocycles.